The average molecular weight is 589 g/mol. The van der Waals surface area contributed by atoms with Crippen molar-refractivity contribution in [3.8, 4) is 0 Å². The van der Waals surface area contributed by atoms with Crippen LogP contribution in [0.5, 0.6) is 0 Å². The number of amides is 2. The van der Waals surface area contributed by atoms with Crippen LogP contribution in [0.3, 0.4) is 0 Å². The van der Waals surface area contributed by atoms with Crippen LogP contribution in [0.15, 0.2) is 33.6 Å². The number of nitrogens with zero attached hydrogens (tertiary/aromatic N) is 4. The molecule has 42 heavy (non-hydrogen) atoms. The highest BCUT2D eigenvalue weighted by molar-refractivity contribution is 5.93. The van der Waals surface area contributed by atoms with E-state index in [4.69, 9.17) is 15.2 Å². The van der Waals surface area contributed by atoms with Gasteiger partial charge in [-0.25, -0.2) is 9.48 Å². The zero-order valence-corrected chi connectivity index (χ0v) is 24.3. The minimum absolute atomic E-state index is 0.0408. The van der Waals surface area contributed by atoms with Crippen LogP contribution in [0.25, 0.3) is 0 Å². The summed E-state index contributed by atoms with van der Waals surface area (Å²) >= 11 is 0. The molecule has 0 aromatic carbocycles. The number of ether oxygens (including phenoxy) is 2. The van der Waals surface area contributed by atoms with Gasteiger partial charge in [-0.3, -0.25) is 23.9 Å². The first kappa shape index (κ1) is 31.3. The van der Waals surface area contributed by atoms with Crippen LogP contribution in [0.4, 0.5) is 0 Å². The number of carbonyl (C=O) groups excluding carboxylic acids is 2. The van der Waals surface area contributed by atoms with Crippen molar-refractivity contribution in [3.05, 3.63) is 56.1 Å². The Kier molecular flexibility index (Phi) is 10.1. The molecule has 15 nitrogen and oxygen atoms in total. The molecule has 1 aliphatic carbocycles. The summed E-state index contributed by atoms with van der Waals surface area (Å²) < 4.78 is 14.9. The predicted octanol–water partition coefficient (Wildman–Crippen LogP) is -0.690. The highest BCUT2D eigenvalue weighted by Crippen LogP contribution is 2.35. The molecule has 0 saturated carbocycles. The van der Waals surface area contributed by atoms with Crippen LogP contribution in [0.2, 0.25) is 0 Å². The molecule has 2 amide bonds. The third kappa shape index (κ3) is 7.03. The highest BCUT2D eigenvalue weighted by atomic mass is 16.5. The summed E-state index contributed by atoms with van der Waals surface area (Å²) in [6.45, 7) is 6.79. The Balaban J connectivity index is 1.43. The molecule has 2 aromatic heterocycles. The molecule has 4 rings (SSSR count). The third-order valence-electron chi connectivity index (χ3n) is 7.73. The van der Waals surface area contributed by atoms with Crippen molar-refractivity contribution < 1.29 is 24.2 Å². The topological polar surface area (TPSA) is 208 Å². The molecule has 1 saturated heterocycles. The Bertz CT molecular complexity index is 1410. The van der Waals surface area contributed by atoms with Crippen molar-refractivity contribution in [2.45, 2.75) is 103 Å². The van der Waals surface area contributed by atoms with Crippen LogP contribution >= 0.6 is 0 Å². The van der Waals surface area contributed by atoms with E-state index in [1.54, 1.807) is 23.9 Å². The third-order valence-corrected chi connectivity index (χ3v) is 7.73. The summed E-state index contributed by atoms with van der Waals surface area (Å²) in [5.74, 6) is -0.550. The molecule has 6 atom stereocenters. The van der Waals surface area contributed by atoms with Gasteiger partial charge in [-0.1, -0.05) is 19.1 Å². The van der Waals surface area contributed by atoms with Crippen molar-refractivity contribution in [2.75, 3.05) is 6.61 Å². The highest BCUT2D eigenvalue weighted by Gasteiger charge is 2.39. The monoisotopic (exact) mass is 588 g/mol. The standard InChI is InChI=1S/C27H40N8O7/c1-5-18(6-2)41-21-8-16(7-19(28)24(21)30-15(4)37)26(39)29-10-17-12-35(33-32-17)20-9-23(42-22(20)13-36)34-11-14(3)25(38)31-27(34)40/h8,11-12,18-24,36H,5-7,9-10,13,28H2,1-4H3,(H,29,39)(H,30,37)(H,31,38,40)/t19-,20-,21+,22+,23+,24+/m0/s1. The summed E-state index contributed by atoms with van der Waals surface area (Å²) in [6, 6.07) is -1.40. The zero-order valence-electron chi connectivity index (χ0n) is 24.3. The van der Waals surface area contributed by atoms with Gasteiger partial charge in [-0.2, -0.15) is 0 Å². The molecule has 3 heterocycles. The van der Waals surface area contributed by atoms with E-state index in [0.717, 1.165) is 12.8 Å². The lowest BCUT2D eigenvalue weighted by molar-refractivity contribution is -0.121. The number of nitrogens with two attached hydrogens (primary N) is 1. The molecule has 0 spiro atoms. The van der Waals surface area contributed by atoms with E-state index in [1.807, 2.05) is 13.8 Å². The van der Waals surface area contributed by atoms with E-state index in [1.165, 1.54) is 17.7 Å². The largest absolute Gasteiger partial charge is 0.394 e. The molecule has 6 N–H and O–H groups in total. The fraction of sp³-hybridized carbons (Fsp3) is 0.630. The first-order valence-electron chi connectivity index (χ1n) is 14.2. The lowest BCUT2D eigenvalue weighted by Crippen LogP contribution is -2.57. The van der Waals surface area contributed by atoms with E-state index in [9.17, 15) is 24.3 Å². The number of carbonyl (C=O) groups is 2. The molecule has 0 bridgehead atoms. The van der Waals surface area contributed by atoms with Gasteiger partial charge >= 0.3 is 5.69 Å². The Labute approximate surface area is 242 Å². The average Bonchev–Trinajstić information content (AvgIpc) is 3.60. The maximum absolute atomic E-state index is 13.1. The van der Waals surface area contributed by atoms with Gasteiger partial charge in [0.1, 0.15) is 18.0 Å². The van der Waals surface area contributed by atoms with E-state index in [-0.39, 0.29) is 37.5 Å². The lowest BCUT2D eigenvalue weighted by atomic mass is 9.87. The van der Waals surface area contributed by atoms with Gasteiger partial charge in [0.25, 0.3) is 5.56 Å². The molecule has 0 radical (unpaired) electrons. The van der Waals surface area contributed by atoms with Crippen LogP contribution in [-0.2, 0) is 25.6 Å². The Hall–Kier alpha value is -3.66. The summed E-state index contributed by atoms with van der Waals surface area (Å²) in [6.07, 6.45) is 4.95. The number of rotatable bonds is 11. The van der Waals surface area contributed by atoms with Gasteiger partial charge < -0.3 is 30.9 Å². The van der Waals surface area contributed by atoms with E-state index >= 15 is 0 Å². The smallest absolute Gasteiger partial charge is 0.330 e. The number of H-pyrrole nitrogens is 1. The number of aliphatic hydroxyl groups is 1. The zero-order chi connectivity index (χ0) is 30.6. The van der Waals surface area contributed by atoms with Crippen LogP contribution in [0.1, 0.15) is 70.0 Å². The van der Waals surface area contributed by atoms with Gasteiger partial charge in [-0.15, -0.1) is 5.10 Å². The van der Waals surface area contributed by atoms with E-state index in [2.05, 4.69) is 25.9 Å². The van der Waals surface area contributed by atoms with Crippen molar-refractivity contribution in [1.82, 2.24) is 35.2 Å². The lowest BCUT2D eigenvalue weighted by Gasteiger charge is -2.36. The Morgan fingerprint density at radius 1 is 1.29 bits per heavy atom. The Morgan fingerprint density at radius 3 is 2.69 bits per heavy atom. The van der Waals surface area contributed by atoms with Crippen molar-refractivity contribution in [1.29, 1.82) is 0 Å². The molecular formula is C27H40N8O7. The number of aryl methyl sites for hydroxylation is 1. The molecule has 230 valence electrons. The van der Waals surface area contributed by atoms with Crippen LogP contribution in [0, 0.1) is 6.92 Å². The number of hydrogen-bond donors (Lipinski definition) is 5. The minimum atomic E-state index is -0.721. The summed E-state index contributed by atoms with van der Waals surface area (Å²) in [4.78, 5) is 51.2. The summed E-state index contributed by atoms with van der Waals surface area (Å²) in [5, 5.41) is 23.9. The normalized spacial score (nSPS) is 25.8. The molecule has 0 unspecified atom stereocenters. The first-order valence-corrected chi connectivity index (χ1v) is 14.2. The van der Waals surface area contributed by atoms with Crippen molar-refractivity contribution >= 4 is 11.8 Å². The predicted molar refractivity (Wildman–Crippen MR) is 150 cm³/mol. The number of aromatic amines is 1. The van der Waals surface area contributed by atoms with Gasteiger partial charge in [-0.05, 0) is 32.3 Å². The van der Waals surface area contributed by atoms with Crippen molar-refractivity contribution in [2.24, 2.45) is 5.73 Å². The van der Waals surface area contributed by atoms with E-state index in [0.29, 0.717) is 23.3 Å². The number of nitrogens with one attached hydrogen (secondary N) is 3. The van der Waals surface area contributed by atoms with Gasteiger partial charge in [0.05, 0.1) is 43.6 Å². The summed E-state index contributed by atoms with van der Waals surface area (Å²) in [5.41, 5.74) is 6.59. The number of hydrogen-bond acceptors (Lipinski definition) is 10. The summed E-state index contributed by atoms with van der Waals surface area (Å²) in [7, 11) is 0. The minimum Gasteiger partial charge on any atom is -0.394 e. The second-order valence-corrected chi connectivity index (χ2v) is 10.8. The molecule has 2 aromatic rings. The molecular weight excluding hydrogens is 548 g/mol. The maximum Gasteiger partial charge on any atom is 0.330 e. The second kappa shape index (κ2) is 13.5. The molecule has 1 fully saturated rings. The van der Waals surface area contributed by atoms with Gasteiger partial charge in [0.15, 0.2) is 0 Å². The number of aromatic nitrogens is 5. The fourth-order valence-corrected chi connectivity index (χ4v) is 5.38. The molecule has 15 heteroatoms. The SMILES string of the molecule is CCC(CC)O[C@@H]1C=C(C(=O)NCc2cn([C@H]3C[C@H](n4cc(C)c(=O)[nH]c4=O)O[C@@H]3CO)nn2)C[C@H](N)[C@H]1NC(C)=O. The first-order chi connectivity index (χ1) is 20.0. The molecule has 2 aliphatic rings. The van der Waals surface area contributed by atoms with Gasteiger partial charge in [0.2, 0.25) is 11.8 Å². The van der Waals surface area contributed by atoms with Gasteiger partial charge in [0, 0.05) is 36.7 Å². The van der Waals surface area contributed by atoms with Crippen LogP contribution in [-0.4, -0.2) is 78.5 Å². The van der Waals surface area contributed by atoms with E-state index < -0.39 is 47.8 Å². The second-order valence-electron chi connectivity index (χ2n) is 10.8. The van der Waals surface area contributed by atoms with Crippen LogP contribution < -0.4 is 27.6 Å². The quantitative estimate of drug-likeness (QED) is 0.223. The number of aliphatic hydroxyl groups excluding tert-OH is 1. The fourth-order valence-electron chi connectivity index (χ4n) is 5.38. The Morgan fingerprint density at radius 2 is 2.02 bits per heavy atom. The van der Waals surface area contributed by atoms with Crippen molar-refractivity contribution in [3.63, 3.8) is 0 Å². The molecule has 1 aliphatic heterocycles. The maximum atomic E-state index is 13.1.